The van der Waals surface area contributed by atoms with Gasteiger partial charge in [0.05, 0.1) is 5.69 Å². The lowest BCUT2D eigenvalue weighted by molar-refractivity contribution is 0.0687. The minimum atomic E-state index is -0.0267. The molecule has 6 nitrogen and oxygen atoms in total. The molecule has 0 saturated carbocycles. The summed E-state index contributed by atoms with van der Waals surface area (Å²) in [6, 6.07) is 7.47. The molecule has 3 N–H and O–H groups in total. The molecule has 1 aliphatic rings. The second-order valence-corrected chi connectivity index (χ2v) is 7.84. The van der Waals surface area contributed by atoms with E-state index in [0.29, 0.717) is 21.3 Å². The van der Waals surface area contributed by atoms with Crippen LogP contribution in [-0.4, -0.2) is 47.7 Å². The summed E-state index contributed by atoms with van der Waals surface area (Å²) in [6.45, 7) is 4.59. The van der Waals surface area contributed by atoms with Crippen LogP contribution in [0.1, 0.15) is 35.3 Å². The maximum atomic E-state index is 13.0. The van der Waals surface area contributed by atoms with Crippen molar-refractivity contribution in [2.45, 2.75) is 25.8 Å². The van der Waals surface area contributed by atoms with Crippen molar-refractivity contribution < 1.29 is 4.79 Å². The third kappa shape index (κ3) is 4.98. The Kier molecular flexibility index (Phi) is 7.19. The Morgan fingerprint density at radius 3 is 3.07 bits per heavy atom. The minimum absolute atomic E-state index is 0.0267. The highest BCUT2D eigenvalue weighted by Gasteiger charge is 2.28. The van der Waals surface area contributed by atoms with Gasteiger partial charge >= 0.3 is 0 Å². The Bertz CT molecular complexity index is 873. The van der Waals surface area contributed by atoms with E-state index < -0.39 is 0 Å². The van der Waals surface area contributed by atoms with Crippen molar-refractivity contribution in [3.8, 4) is 0 Å². The van der Waals surface area contributed by atoms with Gasteiger partial charge in [-0.3, -0.25) is 9.79 Å². The average molecular weight is 418 g/mol. The summed E-state index contributed by atoms with van der Waals surface area (Å²) in [7, 11) is 0. The third-order valence-electron chi connectivity index (χ3n) is 4.51. The monoisotopic (exact) mass is 417 g/mol. The maximum absolute atomic E-state index is 13.0. The smallest absolute Gasteiger partial charge is 0.273 e. The molecule has 2 aromatic rings. The normalized spacial score (nSPS) is 17.4. The van der Waals surface area contributed by atoms with Crippen LogP contribution >= 0.6 is 22.9 Å². The fraction of sp³-hybridized carbons (Fsp3) is 0.350. The molecule has 3 rings (SSSR count). The zero-order chi connectivity index (χ0) is 19.9. The number of benzene rings is 1. The van der Waals surface area contributed by atoms with E-state index in [4.69, 9.17) is 17.3 Å². The van der Waals surface area contributed by atoms with E-state index in [-0.39, 0.29) is 11.9 Å². The first-order valence-corrected chi connectivity index (χ1v) is 10.6. The molecule has 1 aromatic heterocycles. The standard InChI is InChI=1S/C20H24ClN5OS/c1-2-8-26(17-6-7-23-12-17)20(27)18-13-28-19(25-18)14(10-22)11-24-16-5-3-4-15(21)9-16/h3-5,9-11,13,17,23H,2,6-8,12,22H2,1H3/b14-10+,24-11?/t17-/m0/s1. The summed E-state index contributed by atoms with van der Waals surface area (Å²) >= 11 is 7.38. The van der Waals surface area contributed by atoms with Crippen LogP contribution in [0, 0.1) is 0 Å². The van der Waals surface area contributed by atoms with E-state index in [1.807, 2.05) is 17.0 Å². The number of hydrogen-bond donors (Lipinski definition) is 2. The summed E-state index contributed by atoms with van der Waals surface area (Å²) in [6.07, 6.45) is 4.98. The Balaban J connectivity index is 1.76. The van der Waals surface area contributed by atoms with Crippen molar-refractivity contribution in [2.24, 2.45) is 10.7 Å². The highest BCUT2D eigenvalue weighted by Crippen LogP contribution is 2.22. The molecule has 1 amide bonds. The zero-order valence-corrected chi connectivity index (χ0v) is 17.3. The molecule has 1 saturated heterocycles. The molecular formula is C20H24ClN5OS. The second kappa shape index (κ2) is 9.82. The lowest BCUT2D eigenvalue weighted by Gasteiger charge is -2.27. The highest BCUT2D eigenvalue weighted by molar-refractivity contribution is 7.11. The van der Waals surface area contributed by atoms with Crippen LogP contribution in [-0.2, 0) is 0 Å². The van der Waals surface area contributed by atoms with Crippen LogP contribution in [0.3, 0.4) is 0 Å². The van der Waals surface area contributed by atoms with E-state index >= 15 is 0 Å². The van der Waals surface area contributed by atoms with Gasteiger partial charge in [-0.2, -0.15) is 0 Å². The van der Waals surface area contributed by atoms with Gasteiger partial charge in [-0.25, -0.2) is 4.98 Å². The largest absolute Gasteiger partial charge is 0.404 e. The number of rotatable bonds is 7. The number of nitrogens with two attached hydrogens (primary N) is 1. The van der Waals surface area contributed by atoms with Crippen LogP contribution in [0.4, 0.5) is 5.69 Å². The van der Waals surface area contributed by atoms with Crippen LogP contribution < -0.4 is 11.1 Å². The number of aromatic nitrogens is 1. The van der Waals surface area contributed by atoms with Gasteiger partial charge in [-0.1, -0.05) is 24.6 Å². The van der Waals surface area contributed by atoms with E-state index in [9.17, 15) is 4.79 Å². The molecular weight excluding hydrogens is 394 g/mol. The number of amides is 1. The number of nitrogens with one attached hydrogen (secondary N) is 1. The summed E-state index contributed by atoms with van der Waals surface area (Å²) < 4.78 is 0. The molecule has 1 atom stereocenters. The van der Waals surface area contributed by atoms with E-state index in [1.165, 1.54) is 17.5 Å². The molecule has 148 valence electrons. The first kappa shape index (κ1) is 20.5. The predicted molar refractivity (Wildman–Crippen MR) is 116 cm³/mol. The van der Waals surface area contributed by atoms with Gasteiger partial charge in [0.15, 0.2) is 0 Å². The van der Waals surface area contributed by atoms with Crippen molar-refractivity contribution in [3.63, 3.8) is 0 Å². The van der Waals surface area contributed by atoms with Crippen molar-refractivity contribution in [3.05, 3.63) is 51.6 Å². The molecule has 28 heavy (non-hydrogen) atoms. The van der Waals surface area contributed by atoms with E-state index in [1.54, 1.807) is 23.7 Å². The first-order chi connectivity index (χ1) is 13.6. The summed E-state index contributed by atoms with van der Waals surface area (Å²) in [5, 5.41) is 6.40. The maximum Gasteiger partial charge on any atom is 0.273 e. The van der Waals surface area contributed by atoms with Gasteiger partial charge in [0, 0.05) is 47.5 Å². The highest BCUT2D eigenvalue weighted by atomic mass is 35.5. The van der Waals surface area contributed by atoms with E-state index in [0.717, 1.165) is 38.2 Å². The number of allylic oxidation sites excluding steroid dienone is 1. The van der Waals surface area contributed by atoms with Gasteiger partial charge in [0.2, 0.25) is 0 Å². The van der Waals surface area contributed by atoms with Crippen LogP contribution in [0.2, 0.25) is 5.02 Å². The molecule has 0 radical (unpaired) electrons. The van der Waals surface area contributed by atoms with Gasteiger partial charge < -0.3 is 16.0 Å². The fourth-order valence-corrected chi connectivity index (χ4v) is 4.09. The Morgan fingerprint density at radius 2 is 2.39 bits per heavy atom. The molecule has 1 aromatic carbocycles. The average Bonchev–Trinajstić information content (AvgIpc) is 3.38. The van der Waals surface area contributed by atoms with Gasteiger partial charge in [-0.05, 0) is 37.6 Å². The third-order valence-corrected chi connectivity index (χ3v) is 5.64. The number of carbonyl (C=O) groups is 1. The molecule has 2 heterocycles. The molecule has 0 bridgehead atoms. The van der Waals surface area contributed by atoms with Crippen LogP contribution in [0.15, 0.2) is 40.8 Å². The summed E-state index contributed by atoms with van der Waals surface area (Å²) in [5.74, 6) is -0.0267. The fourth-order valence-electron chi connectivity index (χ4n) is 3.12. The molecule has 0 unspecified atom stereocenters. The zero-order valence-electron chi connectivity index (χ0n) is 15.8. The number of carbonyl (C=O) groups excluding carboxylic acids is 1. The van der Waals surface area contributed by atoms with Gasteiger partial charge in [0.1, 0.15) is 10.7 Å². The van der Waals surface area contributed by atoms with Crippen molar-refractivity contribution >= 4 is 46.3 Å². The van der Waals surface area contributed by atoms with Gasteiger partial charge in [0.25, 0.3) is 5.91 Å². The quantitative estimate of drug-likeness (QED) is 0.672. The van der Waals surface area contributed by atoms with Crippen molar-refractivity contribution in [2.75, 3.05) is 19.6 Å². The Hall–Kier alpha value is -2.22. The van der Waals surface area contributed by atoms with Gasteiger partial charge in [-0.15, -0.1) is 11.3 Å². The van der Waals surface area contributed by atoms with Crippen LogP contribution in [0.25, 0.3) is 5.57 Å². The first-order valence-electron chi connectivity index (χ1n) is 9.31. The SMILES string of the molecule is CCCN(C(=O)c1csc(/C(C=Nc2cccc(Cl)c2)=C/N)n1)[C@H]1CCNC1. The molecule has 1 fully saturated rings. The van der Waals surface area contributed by atoms with E-state index in [2.05, 4.69) is 22.2 Å². The molecule has 0 aliphatic carbocycles. The topological polar surface area (TPSA) is 83.6 Å². The number of nitrogens with zero attached hydrogens (tertiary/aromatic N) is 3. The number of halogens is 1. The lowest BCUT2D eigenvalue weighted by Crippen LogP contribution is -2.42. The summed E-state index contributed by atoms with van der Waals surface area (Å²) in [5.41, 5.74) is 7.61. The Labute approximate surface area is 174 Å². The Morgan fingerprint density at radius 1 is 1.54 bits per heavy atom. The second-order valence-electron chi connectivity index (χ2n) is 6.54. The number of aliphatic imine (C=N–C) groups is 1. The number of thiazole rings is 1. The van der Waals surface area contributed by atoms with Crippen LogP contribution in [0.5, 0.6) is 0 Å². The van der Waals surface area contributed by atoms with Crippen molar-refractivity contribution in [1.82, 2.24) is 15.2 Å². The number of hydrogen-bond acceptors (Lipinski definition) is 6. The minimum Gasteiger partial charge on any atom is -0.404 e. The molecule has 1 aliphatic heterocycles. The predicted octanol–water partition coefficient (Wildman–Crippen LogP) is 3.71. The molecule has 8 heteroatoms. The molecule has 0 spiro atoms. The summed E-state index contributed by atoms with van der Waals surface area (Å²) in [4.78, 5) is 23.9. The van der Waals surface area contributed by atoms with Crippen molar-refractivity contribution in [1.29, 1.82) is 0 Å². The lowest BCUT2D eigenvalue weighted by atomic mass is 10.2.